The van der Waals surface area contributed by atoms with E-state index in [-0.39, 0.29) is 11.8 Å². The van der Waals surface area contributed by atoms with Crippen LogP contribution in [0.5, 0.6) is 0 Å². The summed E-state index contributed by atoms with van der Waals surface area (Å²) in [6.45, 7) is 8.43. The van der Waals surface area contributed by atoms with E-state index in [1.54, 1.807) is 0 Å². The Labute approximate surface area is 97.9 Å². The summed E-state index contributed by atoms with van der Waals surface area (Å²) < 4.78 is 0. The smallest absolute Gasteiger partial charge is 0.218 e. The number of hydrogen-bond donors (Lipinski definition) is 1. The molecule has 0 fully saturated rings. The Morgan fingerprint density at radius 2 is 1.94 bits per heavy atom. The molecule has 0 aliphatic carbocycles. The van der Waals surface area contributed by atoms with Crippen LogP contribution >= 0.6 is 0 Å². The number of primary amides is 1. The lowest BCUT2D eigenvalue weighted by atomic mass is 9.83. The molecule has 0 saturated carbocycles. The van der Waals surface area contributed by atoms with Gasteiger partial charge in [-0.3, -0.25) is 4.79 Å². The van der Waals surface area contributed by atoms with Crippen molar-refractivity contribution in [3.8, 4) is 0 Å². The molecular weight excluding hydrogens is 198 g/mol. The molecule has 1 amide bonds. The molecule has 2 nitrogen and oxygen atoms in total. The van der Waals surface area contributed by atoms with Gasteiger partial charge in [0, 0.05) is 6.42 Å². The molecule has 0 aliphatic heterocycles. The summed E-state index contributed by atoms with van der Waals surface area (Å²) in [5, 5.41) is 0. The van der Waals surface area contributed by atoms with Crippen molar-refractivity contribution in [1.82, 2.24) is 0 Å². The van der Waals surface area contributed by atoms with Crippen LogP contribution in [-0.2, 0) is 4.79 Å². The number of rotatable bonds is 4. The number of carbonyl (C=O) groups excluding carboxylic acids is 1. The van der Waals surface area contributed by atoms with Gasteiger partial charge in [-0.2, -0.15) is 0 Å². The molecule has 1 rings (SSSR count). The minimum atomic E-state index is -0.223. The summed E-state index contributed by atoms with van der Waals surface area (Å²) in [6.07, 6.45) is 0.432. The second kappa shape index (κ2) is 5.15. The van der Waals surface area contributed by atoms with E-state index in [2.05, 4.69) is 45.9 Å². The Bertz CT molecular complexity index is 382. The highest BCUT2D eigenvalue weighted by Gasteiger charge is 2.19. The maximum atomic E-state index is 11.1. The van der Waals surface area contributed by atoms with Crippen molar-refractivity contribution >= 4 is 5.91 Å². The van der Waals surface area contributed by atoms with Crippen LogP contribution in [0.2, 0.25) is 0 Å². The van der Waals surface area contributed by atoms with Crippen LogP contribution in [0, 0.1) is 19.8 Å². The maximum Gasteiger partial charge on any atom is 0.218 e. The van der Waals surface area contributed by atoms with Crippen molar-refractivity contribution in [2.75, 3.05) is 0 Å². The van der Waals surface area contributed by atoms with Gasteiger partial charge in [0.2, 0.25) is 5.91 Å². The first-order valence-electron chi connectivity index (χ1n) is 5.77. The van der Waals surface area contributed by atoms with Gasteiger partial charge in [-0.1, -0.05) is 37.6 Å². The molecule has 16 heavy (non-hydrogen) atoms. The topological polar surface area (TPSA) is 43.1 Å². The number of benzene rings is 1. The summed E-state index contributed by atoms with van der Waals surface area (Å²) in [7, 11) is 0. The SMILES string of the molecule is Cc1ccc(C)c(C(CC(N)=O)C(C)C)c1. The number of carbonyl (C=O) groups is 1. The third-order valence-corrected chi connectivity index (χ3v) is 3.06. The molecule has 88 valence electrons. The Morgan fingerprint density at radius 3 is 2.44 bits per heavy atom. The van der Waals surface area contributed by atoms with Crippen molar-refractivity contribution in [2.24, 2.45) is 11.7 Å². The summed E-state index contributed by atoms with van der Waals surface area (Å²) in [6, 6.07) is 6.38. The fraction of sp³-hybridized carbons (Fsp3) is 0.500. The van der Waals surface area contributed by atoms with E-state index >= 15 is 0 Å². The van der Waals surface area contributed by atoms with Gasteiger partial charge in [-0.05, 0) is 36.8 Å². The lowest BCUT2D eigenvalue weighted by Gasteiger charge is -2.22. The van der Waals surface area contributed by atoms with Crippen molar-refractivity contribution in [1.29, 1.82) is 0 Å². The summed E-state index contributed by atoms with van der Waals surface area (Å²) in [4.78, 5) is 11.1. The second-order valence-electron chi connectivity index (χ2n) is 4.88. The summed E-state index contributed by atoms with van der Waals surface area (Å²) in [5.41, 5.74) is 9.05. The monoisotopic (exact) mass is 219 g/mol. The predicted molar refractivity (Wildman–Crippen MR) is 67.3 cm³/mol. The normalized spacial score (nSPS) is 12.8. The molecule has 1 aromatic rings. The average Bonchev–Trinajstić information content (AvgIpc) is 2.18. The quantitative estimate of drug-likeness (QED) is 0.831. The highest BCUT2D eigenvalue weighted by molar-refractivity contribution is 5.75. The number of nitrogens with two attached hydrogens (primary N) is 1. The molecule has 1 aromatic carbocycles. The first kappa shape index (κ1) is 12.8. The summed E-state index contributed by atoms with van der Waals surface area (Å²) >= 11 is 0. The molecule has 0 radical (unpaired) electrons. The van der Waals surface area contributed by atoms with Gasteiger partial charge in [0.1, 0.15) is 0 Å². The molecule has 0 heterocycles. The molecule has 1 unspecified atom stereocenters. The largest absolute Gasteiger partial charge is 0.370 e. The maximum absolute atomic E-state index is 11.1. The van der Waals surface area contributed by atoms with Crippen LogP contribution in [0.15, 0.2) is 18.2 Å². The van der Waals surface area contributed by atoms with Crippen LogP contribution in [0.25, 0.3) is 0 Å². The van der Waals surface area contributed by atoms with Crippen molar-refractivity contribution in [3.63, 3.8) is 0 Å². The minimum absolute atomic E-state index is 0.223. The van der Waals surface area contributed by atoms with Gasteiger partial charge >= 0.3 is 0 Å². The molecule has 2 N–H and O–H groups in total. The molecular formula is C14H21NO. The Hall–Kier alpha value is -1.31. The number of aryl methyl sites for hydroxylation is 2. The number of amides is 1. The van der Waals surface area contributed by atoms with Crippen molar-refractivity contribution in [3.05, 3.63) is 34.9 Å². The van der Waals surface area contributed by atoms with Gasteiger partial charge in [0.15, 0.2) is 0 Å². The first-order chi connectivity index (χ1) is 7.41. The molecule has 0 spiro atoms. The van der Waals surface area contributed by atoms with Gasteiger partial charge < -0.3 is 5.73 Å². The van der Waals surface area contributed by atoms with Crippen LogP contribution in [0.4, 0.5) is 0 Å². The molecule has 0 aromatic heterocycles. The lowest BCUT2D eigenvalue weighted by molar-refractivity contribution is -0.118. The van der Waals surface area contributed by atoms with Gasteiger partial charge in [0.05, 0.1) is 0 Å². The average molecular weight is 219 g/mol. The van der Waals surface area contributed by atoms with E-state index in [0.29, 0.717) is 12.3 Å². The van der Waals surface area contributed by atoms with Crippen LogP contribution < -0.4 is 5.73 Å². The van der Waals surface area contributed by atoms with Crippen LogP contribution in [0.1, 0.15) is 42.9 Å². The van der Waals surface area contributed by atoms with E-state index in [9.17, 15) is 4.79 Å². The zero-order valence-corrected chi connectivity index (χ0v) is 10.6. The fourth-order valence-electron chi connectivity index (χ4n) is 2.08. The third kappa shape index (κ3) is 3.09. The van der Waals surface area contributed by atoms with E-state index in [4.69, 9.17) is 5.73 Å². The zero-order valence-electron chi connectivity index (χ0n) is 10.6. The second-order valence-corrected chi connectivity index (χ2v) is 4.88. The third-order valence-electron chi connectivity index (χ3n) is 3.06. The van der Waals surface area contributed by atoms with Crippen LogP contribution in [0.3, 0.4) is 0 Å². The Balaban J connectivity index is 3.09. The van der Waals surface area contributed by atoms with Crippen molar-refractivity contribution < 1.29 is 4.79 Å². The Morgan fingerprint density at radius 1 is 1.31 bits per heavy atom. The van der Waals surface area contributed by atoms with Crippen LogP contribution in [-0.4, -0.2) is 5.91 Å². The molecule has 2 heteroatoms. The first-order valence-corrected chi connectivity index (χ1v) is 5.77. The predicted octanol–water partition coefficient (Wildman–Crippen LogP) is 2.92. The van der Waals surface area contributed by atoms with Gasteiger partial charge in [-0.15, -0.1) is 0 Å². The molecule has 0 saturated heterocycles. The Kier molecular flexibility index (Phi) is 4.11. The minimum Gasteiger partial charge on any atom is -0.370 e. The van der Waals surface area contributed by atoms with Crippen molar-refractivity contribution in [2.45, 2.75) is 40.0 Å². The number of hydrogen-bond acceptors (Lipinski definition) is 1. The molecule has 0 aliphatic rings. The van der Waals surface area contributed by atoms with E-state index in [1.807, 2.05) is 0 Å². The molecule has 0 bridgehead atoms. The van der Waals surface area contributed by atoms with E-state index in [0.717, 1.165) is 0 Å². The zero-order chi connectivity index (χ0) is 12.3. The van der Waals surface area contributed by atoms with Gasteiger partial charge in [-0.25, -0.2) is 0 Å². The standard InChI is InChI=1S/C14H21NO/c1-9(2)12(8-14(15)16)13-7-10(3)5-6-11(13)4/h5-7,9,12H,8H2,1-4H3,(H2,15,16). The van der Waals surface area contributed by atoms with E-state index in [1.165, 1.54) is 16.7 Å². The molecule has 1 atom stereocenters. The fourth-order valence-corrected chi connectivity index (χ4v) is 2.08. The highest BCUT2D eigenvalue weighted by Crippen LogP contribution is 2.30. The summed E-state index contributed by atoms with van der Waals surface area (Å²) in [5.74, 6) is 0.435. The van der Waals surface area contributed by atoms with Gasteiger partial charge in [0.25, 0.3) is 0 Å². The lowest BCUT2D eigenvalue weighted by Crippen LogP contribution is -2.19. The highest BCUT2D eigenvalue weighted by atomic mass is 16.1. The van der Waals surface area contributed by atoms with E-state index < -0.39 is 0 Å².